The summed E-state index contributed by atoms with van der Waals surface area (Å²) in [6, 6.07) is 1.94. The van der Waals surface area contributed by atoms with Crippen molar-refractivity contribution in [3.05, 3.63) is 25.3 Å². The van der Waals surface area contributed by atoms with Gasteiger partial charge in [-0.2, -0.15) is 0 Å². The van der Waals surface area contributed by atoms with Crippen LogP contribution in [-0.2, 0) is 4.79 Å². The Hall–Kier alpha value is 0.360. The van der Waals surface area contributed by atoms with Gasteiger partial charge in [0, 0.05) is 9.35 Å². The summed E-state index contributed by atoms with van der Waals surface area (Å²) < 4.78 is 2.01. The van der Waals surface area contributed by atoms with Gasteiger partial charge >= 0.3 is 0 Å². The molecule has 5 heteroatoms. The zero-order valence-corrected chi connectivity index (χ0v) is 11.1. The molecule has 0 aliphatic heterocycles. The monoisotopic (exact) mass is 342 g/mol. The number of hydrogen-bond acceptors (Lipinski definition) is 2. The number of thiophene rings is 1. The van der Waals surface area contributed by atoms with Crippen molar-refractivity contribution in [2.75, 3.05) is 5.88 Å². The SMILES string of the molecule is O=C(/C=C/c1cc(Br)c(Br)s1)CCl. The van der Waals surface area contributed by atoms with Gasteiger partial charge < -0.3 is 0 Å². The summed E-state index contributed by atoms with van der Waals surface area (Å²) >= 11 is 13.6. The van der Waals surface area contributed by atoms with Crippen LogP contribution in [0.2, 0.25) is 0 Å². The minimum atomic E-state index is -0.0812. The molecule has 1 heterocycles. The first-order valence-corrected chi connectivity index (χ1v) is 6.29. The minimum Gasteiger partial charge on any atom is -0.294 e. The topological polar surface area (TPSA) is 17.1 Å². The van der Waals surface area contributed by atoms with Gasteiger partial charge in [-0.1, -0.05) is 0 Å². The van der Waals surface area contributed by atoms with E-state index in [1.165, 1.54) is 6.08 Å². The summed E-state index contributed by atoms with van der Waals surface area (Å²) in [4.78, 5) is 11.9. The van der Waals surface area contributed by atoms with Gasteiger partial charge in [-0.25, -0.2) is 0 Å². The van der Waals surface area contributed by atoms with Gasteiger partial charge in [0.25, 0.3) is 0 Å². The molecular weight excluding hydrogens is 339 g/mol. The van der Waals surface area contributed by atoms with Crippen molar-refractivity contribution < 1.29 is 4.79 Å². The third-order valence-corrected chi connectivity index (χ3v) is 4.71. The molecule has 0 bridgehead atoms. The quantitative estimate of drug-likeness (QED) is 0.596. The second-order valence-corrected chi connectivity index (χ2v) is 5.73. The maximum absolute atomic E-state index is 10.8. The highest BCUT2D eigenvalue weighted by Gasteiger charge is 2.01. The Morgan fingerprint density at radius 1 is 1.62 bits per heavy atom. The zero-order valence-electron chi connectivity index (χ0n) is 6.39. The first-order chi connectivity index (χ1) is 6.13. The Morgan fingerprint density at radius 3 is 2.77 bits per heavy atom. The molecule has 1 rings (SSSR count). The third kappa shape index (κ3) is 3.54. The largest absolute Gasteiger partial charge is 0.294 e. The number of hydrogen-bond donors (Lipinski definition) is 0. The Balaban J connectivity index is 2.74. The number of alkyl halides is 1. The van der Waals surface area contributed by atoms with Crippen molar-refractivity contribution in [3.8, 4) is 0 Å². The minimum absolute atomic E-state index is 0.0320. The van der Waals surface area contributed by atoms with Crippen LogP contribution < -0.4 is 0 Å². The van der Waals surface area contributed by atoms with Gasteiger partial charge in [-0.3, -0.25) is 4.79 Å². The second kappa shape index (κ2) is 5.29. The lowest BCUT2D eigenvalue weighted by Gasteiger charge is -1.82. The zero-order chi connectivity index (χ0) is 9.84. The van der Waals surface area contributed by atoms with E-state index in [-0.39, 0.29) is 11.7 Å². The van der Waals surface area contributed by atoms with E-state index in [9.17, 15) is 4.79 Å². The Bertz CT molecular complexity index is 326. The summed E-state index contributed by atoms with van der Waals surface area (Å²) in [6.45, 7) is 0. The number of allylic oxidation sites excluding steroid dienone is 1. The van der Waals surface area contributed by atoms with E-state index < -0.39 is 0 Å². The summed E-state index contributed by atoms with van der Waals surface area (Å²) in [5.41, 5.74) is 0. The normalized spacial score (nSPS) is 11.0. The van der Waals surface area contributed by atoms with E-state index in [0.717, 1.165) is 13.1 Å². The van der Waals surface area contributed by atoms with Gasteiger partial charge in [0.05, 0.1) is 9.67 Å². The van der Waals surface area contributed by atoms with E-state index in [0.29, 0.717) is 0 Å². The van der Waals surface area contributed by atoms with Crippen LogP contribution in [0.5, 0.6) is 0 Å². The van der Waals surface area contributed by atoms with Crippen molar-refractivity contribution in [1.29, 1.82) is 0 Å². The highest BCUT2D eigenvalue weighted by atomic mass is 79.9. The van der Waals surface area contributed by atoms with Crippen molar-refractivity contribution in [3.63, 3.8) is 0 Å². The molecule has 0 aliphatic carbocycles. The molecule has 0 N–H and O–H groups in total. The molecule has 0 radical (unpaired) electrons. The van der Waals surface area contributed by atoms with Gasteiger partial charge in [0.15, 0.2) is 5.78 Å². The Kier molecular flexibility index (Phi) is 4.66. The maximum atomic E-state index is 10.8. The van der Waals surface area contributed by atoms with Gasteiger partial charge in [0.1, 0.15) is 0 Å². The molecule has 1 aromatic rings. The van der Waals surface area contributed by atoms with E-state index >= 15 is 0 Å². The van der Waals surface area contributed by atoms with E-state index in [1.54, 1.807) is 17.4 Å². The van der Waals surface area contributed by atoms with Crippen molar-refractivity contribution >= 4 is 66.7 Å². The van der Waals surface area contributed by atoms with Gasteiger partial charge in [-0.15, -0.1) is 22.9 Å². The molecule has 0 saturated heterocycles. The average molecular weight is 344 g/mol. The van der Waals surface area contributed by atoms with Crippen LogP contribution in [0, 0.1) is 0 Å². The Morgan fingerprint density at radius 2 is 2.31 bits per heavy atom. The highest BCUT2D eigenvalue weighted by Crippen LogP contribution is 2.32. The predicted molar refractivity (Wildman–Crippen MR) is 64.5 cm³/mol. The van der Waals surface area contributed by atoms with Crippen molar-refractivity contribution in [2.24, 2.45) is 0 Å². The van der Waals surface area contributed by atoms with Crippen LogP contribution in [0.3, 0.4) is 0 Å². The van der Waals surface area contributed by atoms with E-state index in [4.69, 9.17) is 11.6 Å². The lowest BCUT2D eigenvalue weighted by Crippen LogP contribution is -1.90. The number of carbonyl (C=O) groups is 1. The third-order valence-electron chi connectivity index (χ3n) is 1.23. The second-order valence-electron chi connectivity index (χ2n) is 2.20. The average Bonchev–Trinajstić information content (AvgIpc) is 2.42. The molecule has 13 heavy (non-hydrogen) atoms. The maximum Gasteiger partial charge on any atom is 0.170 e. The molecule has 0 atom stereocenters. The van der Waals surface area contributed by atoms with E-state index in [1.807, 2.05) is 6.07 Å². The van der Waals surface area contributed by atoms with Crippen LogP contribution >= 0.6 is 54.8 Å². The molecule has 0 aliphatic rings. The number of carbonyl (C=O) groups excluding carboxylic acids is 1. The summed E-state index contributed by atoms with van der Waals surface area (Å²) in [5, 5.41) is 0. The fraction of sp³-hybridized carbons (Fsp3) is 0.125. The smallest absolute Gasteiger partial charge is 0.170 e. The fourth-order valence-corrected chi connectivity index (χ4v) is 2.75. The summed E-state index contributed by atoms with van der Waals surface area (Å²) in [6.07, 6.45) is 3.24. The molecular formula is C8H5Br2ClOS. The van der Waals surface area contributed by atoms with Crippen LogP contribution in [0.1, 0.15) is 4.88 Å². The molecule has 0 fully saturated rings. The van der Waals surface area contributed by atoms with Crippen LogP contribution in [0.4, 0.5) is 0 Å². The molecule has 70 valence electrons. The fourth-order valence-electron chi connectivity index (χ4n) is 0.665. The van der Waals surface area contributed by atoms with Crippen molar-refractivity contribution in [2.45, 2.75) is 0 Å². The molecule has 0 amide bonds. The summed E-state index contributed by atoms with van der Waals surface area (Å²) in [7, 11) is 0. The van der Waals surface area contributed by atoms with Crippen molar-refractivity contribution in [1.82, 2.24) is 0 Å². The van der Waals surface area contributed by atoms with Gasteiger partial charge in [0.2, 0.25) is 0 Å². The lowest BCUT2D eigenvalue weighted by atomic mass is 10.3. The number of halogens is 3. The predicted octanol–water partition coefficient (Wildman–Crippen LogP) is 4.09. The van der Waals surface area contributed by atoms with Crippen LogP contribution in [0.25, 0.3) is 6.08 Å². The molecule has 0 aromatic carbocycles. The summed E-state index contributed by atoms with van der Waals surface area (Å²) in [5.74, 6) is -0.0492. The number of ketones is 1. The highest BCUT2D eigenvalue weighted by molar-refractivity contribution is 9.13. The molecule has 0 unspecified atom stereocenters. The number of rotatable bonds is 3. The molecule has 1 aromatic heterocycles. The van der Waals surface area contributed by atoms with Crippen LogP contribution in [-0.4, -0.2) is 11.7 Å². The van der Waals surface area contributed by atoms with Crippen LogP contribution in [0.15, 0.2) is 20.4 Å². The molecule has 0 saturated carbocycles. The first kappa shape index (κ1) is 11.4. The van der Waals surface area contributed by atoms with Gasteiger partial charge in [-0.05, 0) is 50.1 Å². The molecule has 1 nitrogen and oxygen atoms in total. The standard InChI is InChI=1S/C8H5Br2ClOS/c9-7-3-6(13-8(7)10)2-1-5(12)4-11/h1-3H,4H2/b2-1+. The lowest BCUT2D eigenvalue weighted by molar-refractivity contribution is -0.112. The Labute approximate surface area is 102 Å². The molecule has 0 spiro atoms. The van der Waals surface area contributed by atoms with E-state index in [2.05, 4.69) is 31.9 Å². The first-order valence-electron chi connectivity index (χ1n) is 3.35.